The monoisotopic (exact) mass is 338 g/mol. The van der Waals surface area contributed by atoms with E-state index in [2.05, 4.69) is 0 Å². The van der Waals surface area contributed by atoms with Crippen LogP contribution < -0.4 is 9.30 Å². The molecule has 0 fully saturated rings. The van der Waals surface area contributed by atoms with Gasteiger partial charge in [0.05, 0.1) is 4.90 Å². The maximum Gasteiger partial charge on any atom is 0.310 e. The molecule has 0 unspecified atom stereocenters. The molecule has 1 aromatic heterocycles. The second-order valence-corrected chi connectivity index (χ2v) is 6.24. The summed E-state index contributed by atoms with van der Waals surface area (Å²) in [5.74, 6) is 0.392. The SMILES string of the molecule is CCC(=O)Oc1cc[n+](C)cc1.Cc1ccc(S(=O)(=O)O)cc1. The zero-order chi connectivity index (χ0) is 17.5. The van der Waals surface area contributed by atoms with Crippen LogP contribution in [0.4, 0.5) is 0 Å². The molecule has 1 N–H and O–H groups in total. The van der Waals surface area contributed by atoms with Crippen LogP contribution in [0.5, 0.6) is 5.75 Å². The molecule has 0 amide bonds. The molecule has 7 heteroatoms. The van der Waals surface area contributed by atoms with Gasteiger partial charge in [-0.1, -0.05) is 24.6 Å². The summed E-state index contributed by atoms with van der Waals surface area (Å²) >= 11 is 0. The fourth-order valence-corrected chi connectivity index (χ4v) is 1.95. The molecule has 0 aliphatic heterocycles. The molecule has 0 saturated heterocycles. The first-order valence-corrected chi connectivity index (χ1v) is 8.36. The van der Waals surface area contributed by atoms with Gasteiger partial charge in [-0.2, -0.15) is 8.42 Å². The number of aryl methyl sites for hydroxylation is 2. The first kappa shape index (κ1) is 18.8. The van der Waals surface area contributed by atoms with Crippen LogP contribution in [-0.4, -0.2) is 18.9 Å². The lowest BCUT2D eigenvalue weighted by Gasteiger charge is -1.99. The third kappa shape index (κ3) is 7.03. The summed E-state index contributed by atoms with van der Waals surface area (Å²) in [6.07, 6.45) is 4.07. The van der Waals surface area contributed by atoms with E-state index in [0.29, 0.717) is 12.2 Å². The van der Waals surface area contributed by atoms with Crippen LogP contribution in [0.2, 0.25) is 0 Å². The molecule has 0 saturated carbocycles. The second-order valence-electron chi connectivity index (χ2n) is 4.82. The molecule has 0 atom stereocenters. The van der Waals surface area contributed by atoms with Gasteiger partial charge in [0.1, 0.15) is 12.8 Å². The Hall–Kier alpha value is -2.25. The third-order valence-corrected chi connectivity index (χ3v) is 3.65. The Morgan fingerprint density at radius 1 is 1.13 bits per heavy atom. The van der Waals surface area contributed by atoms with Crippen molar-refractivity contribution in [2.24, 2.45) is 7.05 Å². The number of hydrogen-bond donors (Lipinski definition) is 1. The lowest BCUT2D eigenvalue weighted by Crippen LogP contribution is -2.25. The van der Waals surface area contributed by atoms with E-state index in [-0.39, 0.29) is 10.9 Å². The summed E-state index contributed by atoms with van der Waals surface area (Å²) in [5, 5.41) is 0. The zero-order valence-electron chi connectivity index (χ0n) is 13.3. The third-order valence-electron chi connectivity index (χ3n) is 2.79. The Bertz CT molecular complexity index is 737. The van der Waals surface area contributed by atoms with Crippen LogP contribution in [-0.2, 0) is 22.0 Å². The number of pyridine rings is 1. The molecule has 1 heterocycles. The van der Waals surface area contributed by atoms with Crippen molar-refractivity contribution in [1.29, 1.82) is 0 Å². The second kappa shape index (κ2) is 8.40. The Morgan fingerprint density at radius 2 is 1.65 bits per heavy atom. The first-order valence-electron chi connectivity index (χ1n) is 6.92. The van der Waals surface area contributed by atoms with Crippen LogP contribution in [0, 0.1) is 6.92 Å². The summed E-state index contributed by atoms with van der Waals surface area (Å²) in [7, 11) is -2.11. The van der Waals surface area contributed by atoms with Crippen LogP contribution in [0.25, 0.3) is 0 Å². The molecular formula is C16H20NO5S+. The lowest BCUT2D eigenvalue weighted by molar-refractivity contribution is -0.671. The van der Waals surface area contributed by atoms with E-state index in [4.69, 9.17) is 9.29 Å². The van der Waals surface area contributed by atoms with E-state index >= 15 is 0 Å². The van der Waals surface area contributed by atoms with Crippen molar-refractivity contribution in [2.45, 2.75) is 25.2 Å². The largest absolute Gasteiger partial charge is 0.426 e. The average Bonchev–Trinajstić information content (AvgIpc) is 2.49. The van der Waals surface area contributed by atoms with E-state index < -0.39 is 10.1 Å². The van der Waals surface area contributed by atoms with E-state index in [1.54, 1.807) is 31.2 Å². The maximum absolute atomic E-state index is 10.8. The molecule has 2 rings (SSSR count). The Labute approximate surface area is 136 Å². The summed E-state index contributed by atoms with van der Waals surface area (Å²) in [6, 6.07) is 9.50. The minimum absolute atomic E-state index is 0.0666. The molecular weight excluding hydrogens is 318 g/mol. The number of benzene rings is 1. The van der Waals surface area contributed by atoms with Crippen molar-refractivity contribution >= 4 is 16.1 Å². The molecule has 0 spiro atoms. The molecule has 0 aliphatic rings. The number of nitrogens with zero attached hydrogens (tertiary/aromatic N) is 1. The molecule has 2 aromatic rings. The van der Waals surface area contributed by atoms with Crippen molar-refractivity contribution < 1.29 is 27.1 Å². The number of ether oxygens (including phenoxy) is 1. The van der Waals surface area contributed by atoms with Crippen molar-refractivity contribution in [3.05, 3.63) is 54.4 Å². The van der Waals surface area contributed by atoms with Gasteiger partial charge in [0.2, 0.25) is 0 Å². The fraction of sp³-hybridized carbons (Fsp3) is 0.250. The van der Waals surface area contributed by atoms with Gasteiger partial charge in [-0.15, -0.1) is 0 Å². The smallest absolute Gasteiger partial charge is 0.310 e. The number of carbonyl (C=O) groups is 1. The number of rotatable bonds is 3. The van der Waals surface area contributed by atoms with Crippen LogP contribution in [0.15, 0.2) is 53.7 Å². The van der Waals surface area contributed by atoms with Gasteiger partial charge in [0, 0.05) is 18.6 Å². The molecule has 6 nitrogen and oxygen atoms in total. The van der Waals surface area contributed by atoms with E-state index in [0.717, 1.165) is 5.56 Å². The maximum atomic E-state index is 10.8. The minimum Gasteiger partial charge on any atom is -0.426 e. The highest BCUT2D eigenvalue weighted by Gasteiger charge is 2.06. The molecule has 0 radical (unpaired) electrons. The molecule has 23 heavy (non-hydrogen) atoms. The summed E-state index contributed by atoms with van der Waals surface area (Å²) in [4.78, 5) is 10.8. The van der Waals surface area contributed by atoms with Gasteiger partial charge in [0.15, 0.2) is 12.4 Å². The summed E-state index contributed by atoms with van der Waals surface area (Å²) in [6.45, 7) is 3.61. The topological polar surface area (TPSA) is 84.5 Å². The number of aromatic nitrogens is 1. The molecule has 124 valence electrons. The fourth-order valence-electron chi connectivity index (χ4n) is 1.47. The zero-order valence-corrected chi connectivity index (χ0v) is 14.1. The summed E-state index contributed by atoms with van der Waals surface area (Å²) in [5.41, 5.74) is 0.956. The molecule has 0 aliphatic carbocycles. The van der Waals surface area contributed by atoms with Gasteiger partial charge < -0.3 is 4.74 Å². The predicted octanol–water partition coefficient (Wildman–Crippen LogP) is 2.07. The number of carbonyl (C=O) groups excluding carboxylic acids is 1. The predicted molar refractivity (Wildman–Crippen MR) is 84.5 cm³/mol. The number of hydrogen-bond acceptors (Lipinski definition) is 4. The minimum atomic E-state index is -4.02. The summed E-state index contributed by atoms with van der Waals surface area (Å²) < 4.78 is 36.4. The Morgan fingerprint density at radius 3 is 2.09 bits per heavy atom. The first-order chi connectivity index (χ1) is 10.7. The van der Waals surface area contributed by atoms with Crippen molar-refractivity contribution in [3.63, 3.8) is 0 Å². The lowest BCUT2D eigenvalue weighted by atomic mass is 10.2. The van der Waals surface area contributed by atoms with Gasteiger partial charge in [0.25, 0.3) is 10.1 Å². The highest BCUT2D eigenvalue weighted by Crippen LogP contribution is 2.08. The van der Waals surface area contributed by atoms with Crippen molar-refractivity contribution in [2.75, 3.05) is 0 Å². The average molecular weight is 338 g/mol. The number of esters is 1. The molecule has 0 bridgehead atoms. The Kier molecular flexibility index (Phi) is 6.87. The van der Waals surface area contributed by atoms with E-state index in [1.165, 1.54) is 12.1 Å². The normalized spacial score (nSPS) is 10.4. The van der Waals surface area contributed by atoms with Crippen LogP contribution in [0.1, 0.15) is 18.9 Å². The van der Waals surface area contributed by atoms with Crippen molar-refractivity contribution in [3.8, 4) is 5.75 Å². The molecule has 1 aromatic carbocycles. The Balaban J connectivity index is 0.000000231. The van der Waals surface area contributed by atoms with Crippen molar-refractivity contribution in [1.82, 2.24) is 0 Å². The van der Waals surface area contributed by atoms with Crippen LogP contribution in [0.3, 0.4) is 0 Å². The standard InChI is InChI=1S/C9H12NO2.C7H8O3S/c1-3-9(11)12-8-4-6-10(2)7-5-8;1-6-2-4-7(5-3-6)11(8,9)10/h4-7H,3H2,1-2H3;2-5H,1H3,(H,8,9,10)/q+1;. The van der Waals surface area contributed by atoms with E-state index in [1.807, 2.05) is 30.9 Å². The van der Waals surface area contributed by atoms with Gasteiger partial charge >= 0.3 is 5.97 Å². The van der Waals surface area contributed by atoms with Gasteiger partial charge in [-0.05, 0) is 19.1 Å². The highest BCUT2D eigenvalue weighted by atomic mass is 32.2. The van der Waals surface area contributed by atoms with Gasteiger partial charge in [-0.3, -0.25) is 9.35 Å². The van der Waals surface area contributed by atoms with Gasteiger partial charge in [-0.25, -0.2) is 4.57 Å². The quantitative estimate of drug-likeness (QED) is 0.526. The highest BCUT2D eigenvalue weighted by molar-refractivity contribution is 7.85. The van der Waals surface area contributed by atoms with E-state index in [9.17, 15) is 13.2 Å². The van der Waals surface area contributed by atoms with Crippen LogP contribution >= 0.6 is 0 Å².